The Labute approximate surface area is 173 Å². The summed E-state index contributed by atoms with van der Waals surface area (Å²) in [7, 11) is 0. The highest BCUT2D eigenvalue weighted by atomic mass is 16.1. The van der Waals surface area contributed by atoms with Crippen molar-refractivity contribution in [2.75, 3.05) is 36.4 Å². The van der Waals surface area contributed by atoms with Crippen molar-refractivity contribution in [3.63, 3.8) is 0 Å². The summed E-state index contributed by atoms with van der Waals surface area (Å²) in [6.07, 6.45) is 8.34. The Bertz CT molecular complexity index is 783. The number of benzene rings is 1. The molecule has 0 atom stereocenters. The van der Waals surface area contributed by atoms with E-state index < -0.39 is 0 Å². The molecule has 4 rings (SSSR count). The molecule has 0 radical (unpaired) electrons. The number of nitrogens with one attached hydrogen (secondary N) is 1. The monoisotopic (exact) mass is 393 g/mol. The first-order valence-corrected chi connectivity index (χ1v) is 10.9. The van der Waals surface area contributed by atoms with E-state index in [4.69, 9.17) is 0 Å². The van der Waals surface area contributed by atoms with Crippen LogP contribution < -0.4 is 10.2 Å². The fourth-order valence-corrected chi connectivity index (χ4v) is 4.41. The predicted molar refractivity (Wildman–Crippen MR) is 116 cm³/mol. The van der Waals surface area contributed by atoms with Crippen LogP contribution in [0.4, 0.5) is 11.6 Å². The lowest BCUT2D eigenvalue weighted by Crippen LogP contribution is -2.46. The van der Waals surface area contributed by atoms with E-state index in [1.54, 1.807) is 6.33 Å². The summed E-state index contributed by atoms with van der Waals surface area (Å²) in [5.74, 6) is 2.12. The van der Waals surface area contributed by atoms with Gasteiger partial charge < -0.3 is 10.2 Å². The van der Waals surface area contributed by atoms with Gasteiger partial charge in [0, 0.05) is 45.2 Å². The molecule has 1 amide bonds. The van der Waals surface area contributed by atoms with Crippen LogP contribution in [0.15, 0.2) is 42.7 Å². The van der Waals surface area contributed by atoms with Crippen LogP contribution in [0.2, 0.25) is 0 Å². The van der Waals surface area contributed by atoms with E-state index in [1.165, 1.54) is 37.7 Å². The SMILES string of the molecule is O=C(CC1CCCCC1)Nc1cc(N2CCN(Cc3ccccc3)CC2)ncn1. The second-order valence-electron chi connectivity index (χ2n) is 8.27. The van der Waals surface area contributed by atoms with E-state index in [-0.39, 0.29) is 5.91 Å². The van der Waals surface area contributed by atoms with Gasteiger partial charge in [-0.3, -0.25) is 9.69 Å². The number of nitrogens with zero attached hydrogens (tertiary/aromatic N) is 4. The summed E-state index contributed by atoms with van der Waals surface area (Å²) >= 11 is 0. The van der Waals surface area contributed by atoms with Gasteiger partial charge in [0.2, 0.25) is 5.91 Å². The summed E-state index contributed by atoms with van der Waals surface area (Å²) in [5.41, 5.74) is 1.35. The Hall–Kier alpha value is -2.47. The smallest absolute Gasteiger partial charge is 0.225 e. The van der Waals surface area contributed by atoms with Crippen molar-refractivity contribution in [1.82, 2.24) is 14.9 Å². The molecule has 154 valence electrons. The lowest BCUT2D eigenvalue weighted by atomic mass is 9.87. The largest absolute Gasteiger partial charge is 0.354 e. The number of hydrogen-bond acceptors (Lipinski definition) is 5. The molecule has 6 nitrogen and oxygen atoms in total. The molecule has 2 aromatic rings. The van der Waals surface area contributed by atoms with Gasteiger partial charge in [0.25, 0.3) is 0 Å². The average molecular weight is 394 g/mol. The van der Waals surface area contributed by atoms with E-state index in [9.17, 15) is 4.79 Å². The highest BCUT2D eigenvalue weighted by molar-refractivity contribution is 5.90. The second kappa shape index (κ2) is 9.83. The van der Waals surface area contributed by atoms with Gasteiger partial charge in [0.05, 0.1) is 0 Å². The van der Waals surface area contributed by atoms with Crippen molar-refractivity contribution in [2.24, 2.45) is 5.92 Å². The standard InChI is InChI=1S/C23H31N5O/c29-23(15-19-7-3-1-4-8-19)26-21-16-22(25-18-24-21)28-13-11-27(12-14-28)17-20-9-5-2-6-10-20/h2,5-6,9-10,16,18-19H,1,3-4,7-8,11-15,17H2,(H,24,25,26,29). The minimum Gasteiger partial charge on any atom is -0.354 e. The summed E-state index contributed by atoms with van der Waals surface area (Å²) < 4.78 is 0. The Kier molecular flexibility index (Phi) is 6.72. The number of carbonyl (C=O) groups is 1. The number of aromatic nitrogens is 2. The Morgan fingerprint density at radius 1 is 1.00 bits per heavy atom. The molecule has 29 heavy (non-hydrogen) atoms. The number of anilines is 2. The number of carbonyl (C=O) groups excluding carboxylic acids is 1. The Morgan fingerprint density at radius 2 is 1.76 bits per heavy atom. The van der Waals surface area contributed by atoms with Crippen molar-refractivity contribution in [2.45, 2.75) is 45.1 Å². The summed E-state index contributed by atoms with van der Waals surface area (Å²) in [6, 6.07) is 12.5. The zero-order valence-corrected chi connectivity index (χ0v) is 17.1. The predicted octanol–water partition coefficient (Wildman–Crippen LogP) is 3.71. The third kappa shape index (κ3) is 5.76. The Morgan fingerprint density at radius 3 is 2.52 bits per heavy atom. The van der Waals surface area contributed by atoms with Gasteiger partial charge in [0.1, 0.15) is 18.0 Å². The molecule has 2 fully saturated rings. The molecular weight excluding hydrogens is 362 g/mol. The van der Waals surface area contributed by atoms with Crippen LogP contribution in [0.3, 0.4) is 0 Å². The second-order valence-corrected chi connectivity index (χ2v) is 8.27. The van der Waals surface area contributed by atoms with Gasteiger partial charge >= 0.3 is 0 Å². The van der Waals surface area contributed by atoms with E-state index in [2.05, 4.69) is 55.4 Å². The number of amides is 1. The molecule has 1 saturated carbocycles. The molecule has 1 aromatic heterocycles. The summed E-state index contributed by atoms with van der Waals surface area (Å²) in [5, 5.41) is 2.98. The fraction of sp³-hybridized carbons (Fsp3) is 0.522. The molecule has 6 heteroatoms. The number of rotatable bonds is 6. The molecule has 2 heterocycles. The van der Waals surface area contributed by atoms with Gasteiger partial charge in [-0.15, -0.1) is 0 Å². The zero-order chi connectivity index (χ0) is 19.9. The number of piperazine rings is 1. The molecule has 1 aliphatic heterocycles. The molecule has 0 spiro atoms. The van der Waals surface area contributed by atoms with Gasteiger partial charge in [-0.05, 0) is 24.3 Å². The van der Waals surface area contributed by atoms with Crippen LogP contribution in [0.25, 0.3) is 0 Å². The van der Waals surface area contributed by atoms with Crippen LogP contribution in [0.5, 0.6) is 0 Å². The first-order valence-electron chi connectivity index (χ1n) is 10.9. The van der Waals surface area contributed by atoms with Crippen molar-refractivity contribution in [3.05, 3.63) is 48.3 Å². The Balaban J connectivity index is 1.28. The summed E-state index contributed by atoms with van der Waals surface area (Å²) in [4.78, 5) is 25.8. The van der Waals surface area contributed by atoms with Gasteiger partial charge in [-0.25, -0.2) is 9.97 Å². The quantitative estimate of drug-likeness (QED) is 0.811. The molecule has 0 unspecified atom stereocenters. The van der Waals surface area contributed by atoms with E-state index >= 15 is 0 Å². The topological polar surface area (TPSA) is 61.4 Å². The minimum absolute atomic E-state index is 0.0780. The molecule has 1 N–H and O–H groups in total. The molecule has 0 bridgehead atoms. The van der Waals surface area contributed by atoms with Gasteiger partial charge in [-0.1, -0.05) is 49.6 Å². The van der Waals surface area contributed by atoms with Crippen molar-refractivity contribution in [3.8, 4) is 0 Å². The maximum absolute atomic E-state index is 12.4. The first-order chi connectivity index (χ1) is 14.3. The van der Waals surface area contributed by atoms with Crippen molar-refractivity contribution < 1.29 is 4.79 Å². The zero-order valence-electron chi connectivity index (χ0n) is 17.1. The minimum atomic E-state index is 0.0780. The van der Waals surface area contributed by atoms with Crippen molar-refractivity contribution in [1.29, 1.82) is 0 Å². The maximum Gasteiger partial charge on any atom is 0.225 e. The lowest BCUT2D eigenvalue weighted by Gasteiger charge is -2.35. The maximum atomic E-state index is 12.4. The van der Waals surface area contributed by atoms with Gasteiger partial charge in [-0.2, -0.15) is 0 Å². The van der Waals surface area contributed by atoms with Crippen LogP contribution in [-0.2, 0) is 11.3 Å². The molecular formula is C23H31N5O. The molecule has 1 aliphatic carbocycles. The first kappa shape index (κ1) is 19.8. The molecule has 2 aliphatic rings. The normalized spacial score (nSPS) is 18.6. The van der Waals surface area contributed by atoms with Crippen LogP contribution in [-0.4, -0.2) is 47.0 Å². The van der Waals surface area contributed by atoms with Crippen molar-refractivity contribution >= 4 is 17.5 Å². The van der Waals surface area contributed by atoms with Crippen LogP contribution in [0, 0.1) is 5.92 Å². The van der Waals surface area contributed by atoms with E-state index in [0.29, 0.717) is 18.2 Å². The number of hydrogen-bond donors (Lipinski definition) is 1. The average Bonchev–Trinajstić information content (AvgIpc) is 2.76. The van der Waals surface area contributed by atoms with Crippen LogP contribution in [0.1, 0.15) is 44.1 Å². The molecule has 1 saturated heterocycles. The third-order valence-electron chi connectivity index (χ3n) is 6.06. The highest BCUT2D eigenvalue weighted by Gasteiger charge is 2.20. The fourth-order valence-electron chi connectivity index (χ4n) is 4.41. The third-order valence-corrected chi connectivity index (χ3v) is 6.06. The lowest BCUT2D eigenvalue weighted by molar-refractivity contribution is -0.117. The molecule has 1 aromatic carbocycles. The van der Waals surface area contributed by atoms with E-state index in [0.717, 1.165) is 38.5 Å². The highest BCUT2D eigenvalue weighted by Crippen LogP contribution is 2.26. The summed E-state index contributed by atoms with van der Waals surface area (Å²) in [6.45, 7) is 4.85. The van der Waals surface area contributed by atoms with Gasteiger partial charge in [0.15, 0.2) is 0 Å². The van der Waals surface area contributed by atoms with Crippen LogP contribution >= 0.6 is 0 Å². The van der Waals surface area contributed by atoms with E-state index in [1.807, 2.05) is 6.07 Å².